The summed E-state index contributed by atoms with van der Waals surface area (Å²) in [6.07, 6.45) is 4.61. The lowest BCUT2D eigenvalue weighted by Crippen LogP contribution is -2.36. The van der Waals surface area contributed by atoms with Crippen LogP contribution in [0, 0.1) is 5.92 Å². The van der Waals surface area contributed by atoms with E-state index in [2.05, 4.69) is 5.32 Å². The van der Waals surface area contributed by atoms with Gasteiger partial charge in [-0.3, -0.25) is 9.59 Å². The van der Waals surface area contributed by atoms with E-state index in [9.17, 15) is 14.4 Å². The maximum absolute atomic E-state index is 12.2. The molecule has 2 fully saturated rings. The van der Waals surface area contributed by atoms with Crippen molar-refractivity contribution in [2.24, 2.45) is 5.92 Å². The predicted octanol–water partition coefficient (Wildman–Crippen LogP) is 1.39. The van der Waals surface area contributed by atoms with Gasteiger partial charge < -0.3 is 19.7 Å². The van der Waals surface area contributed by atoms with E-state index in [1.165, 1.54) is 12.1 Å². The van der Waals surface area contributed by atoms with Crippen LogP contribution in [0.4, 0.5) is 0 Å². The summed E-state index contributed by atoms with van der Waals surface area (Å²) in [6.45, 7) is 0.605. The summed E-state index contributed by atoms with van der Waals surface area (Å²) in [6, 6.07) is 3.17. The molecular formula is C16H20N2O5. The Balaban J connectivity index is 1.52. The Morgan fingerprint density at radius 2 is 2.04 bits per heavy atom. The molecule has 1 aliphatic carbocycles. The van der Waals surface area contributed by atoms with Crippen molar-refractivity contribution in [3.8, 4) is 0 Å². The molecule has 0 aromatic carbocycles. The van der Waals surface area contributed by atoms with Crippen molar-refractivity contribution >= 4 is 17.8 Å². The van der Waals surface area contributed by atoms with Crippen molar-refractivity contribution in [2.75, 3.05) is 6.54 Å². The van der Waals surface area contributed by atoms with E-state index in [4.69, 9.17) is 9.52 Å². The molecule has 0 unspecified atom stereocenters. The fourth-order valence-electron chi connectivity index (χ4n) is 3.38. The second-order valence-electron chi connectivity index (χ2n) is 6.17. The Bertz CT molecular complexity index is 618. The number of hydrogen-bond acceptors (Lipinski definition) is 4. The molecule has 1 aromatic heterocycles. The number of likely N-dealkylation sites (tertiary alicyclic amines) is 1. The molecule has 0 bridgehead atoms. The molecule has 23 heavy (non-hydrogen) atoms. The van der Waals surface area contributed by atoms with Crippen molar-refractivity contribution < 1.29 is 23.9 Å². The summed E-state index contributed by atoms with van der Waals surface area (Å²) < 4.78 is 5.09. The highest BCUT2D eigenvalue weighted by molar-refractivity contribution is 5.89. The highest BCUT2D eigenvalue weighted by Gasteiger charge is 2.38. The molecule has 124 valence electrons. The van der Waals surface area contributed by atoms with Gasteiger partial charge in [0.2, 0.25) is 17.6 Å². The maximum atomic E-state index is 12.2. The minimum Gasteiger partial charge on any atom is -0.475 e. The van der Waals surface area contributed by atoms with Gasteiger partial charge in [-0.15, -0.1) is 0 Å². The summed E-state index contributed by atoms with van der Waals surface area (Å²) in [7, 11) is 0. The van der Waals surface area contributed by atoms with Crippen molar-refractivity contribution in [3.63, 3.8) is 0 Å². The number of carbonyl (C=O) groups is 3. The lowest BCUT2D eigenvalue weighted by Gasteiger charge is -2.23. The van der Waals surface area contributed by atoms with Crippen LogP contribution in [0.15, 0.2) is 16.5 Å². The molecule has 2 amide bonds. The number of carboxylic acids is 1. The Morgan fingerprint density at radius 1 is 1.30 bits per heavy atom. The van der Waals surface area contributed by atoms with Crippen molar-refractivity contribution in [1.29, 1.82) is 0 Å². The van der Waals surface area contributed by atoms with Crippen LogP contribution in [-0.2, 0) is 16.1 Å². The first kappa shape index (κ1) is 15.6. The standard InChI is InChI=1S/C16H20N2O5/c19-14-7-10(9-18(14)11-3-1-2-4-11)15(20)17-8-12-5-6-13(23-12)16(21)22/h5-6,10-11H,1-4,7-9H2,(H,17,20)(H,21,22)/t10-/m0/s1. The van der Waals surface area contributed by atoms with E-state index in [-0.39, 0.29) is 36.5 Å². The van der Waals surface area contributed by atoms with E-state index in [0.29, 0.717) is 18.3 Å². The molecule has 2 heterocycles. The number of amides is 2. The molecule has 2 N–H and O–H groups in total. The fraction of sp³-hybridized carbons (Fsp3) is 0.562. The largest absolute Gasteiger partial charge is 0.475 e. The zero-order valence-corrected chi connectivity index (χ0v) is 12.8. The normalized spacial score (nSPS) is 21.8. The van der Waals surface area contributed by atoms with Crippen LogP contribution in [0.1, 0.15) is 48.4 Å². The molecule has 1 atom stereocenters. The van der Waals surface area contributed by atoms with Crippen molar-refractivity contribution in [3.05, 3.63) is 23.7 Å². The quantitative estimate of drug-likeness (QED) is 0.854. The first-order chi connectivity index (χ1) is 11.0. The third-order valence-electron chi connectivity index (χ3n) is 4.60. The Morgan fingerprint density at radius 3 is 2.70 bits per heavy atom. The minimum atomic E-state index is -1.14. The van der Waals surface area contributed by atoms with Gasteiger partial charge in [0.15, 0.2) is 0 Å². The summed E-state index contributed by atoms with van der Waals surface area (Å²) >= 11 is 0. The average molecular weight is 320 g/mol. The van der Waals surface area contributed by atoms with E-state index >= 15 is 0 Å². The number of nitrogens with zero attached hydrogens (tertiary/aromatic N) is 1. The van der Waals surface area contributed by atoms with Crippen LogP contribution in [0.25, 0.3) is 0 Å². The molecular weight excluding hydrogens is 300 g/mol. The maximum Gasteiger partial charge on any atom is 0.371 e. The second kappa shape index (κ2) is 6.44. The topological polar surface area (TPSA) is 99.8 Å². The van der Waals surface area contributed by atoms with Gasteiger partial charge in [0, 0.05) is 19.0 Å². The summed E-state index contributed by atoms with van der Waals surface area (Å²) in [4.78, 5) is 36.9. The zero-order chi connectivity index (χ0) is 16.4. The van der Waals surface area contributed by atoms with Gasteiger partial charge in [-0.1, -0.05) is 12.8 Å². The van der Waals surface area contributed by atoms with Crippen LogP contribution in [0.5, 0.6) is 0 Å². The van der Waals surface area contributed by atoms with E-state index in [1.807, 2.05) is 4.90 Å². The number of nitrogens with one attached hydrogen (secondary N) is 1. The van der Waals surface area contributed by atoms with Crippen LogP contribution < -0.4 is 5.32 Å². The molecule has 7 nitrogen and oxygen atoms in total. The lowest BCUT2D eigenvalue weighted by atomic mass is 10.1. The molecule has 1 saturated heterocycles. The van der Waals surface area contributed by atoms with Gasteiger partial charge >= 0.3 is 5.97 Å². The SMILES string of the molecule is O=C(O)c1ccc(CNC(=O)[C@H]2CC(=O)N(C3CCCC3)C2)o1. The van der Waals surface area contributed by atoms with Gasteiger partial charge in [0.25, 0.3) is 0 Å². The smallest absolute Gasteiger partial charge is 0.371 e. The number of furan rings is 1. The Kier molecular flexibility index (Phi) is 4.36. The number of carboxylic acid groups (broad SMARTS) is 1. The van der Waals surface area contributed by atoms with Crippen LogP contribution >= 0.6 is 0 Å². The highest BCUT2D eigenvalue weighted by Crippen LogP contribution is 2.29. The summed E-state index contributed by atoms with van der Waals surface area (Å²) in [5, 5.41) is 11.5. The molecule has 0 radical (unpaired) electrons. The molecule has 7 heteroatoms. The fourth-order valence-corrected chi connectivity index (χ4v) is 3.38. The molecule has 2 aliphatic rings. The van der Waals surface area contributed by atoms with Crippen molar-refractivity contribution in [1.82, 2.24) is 10.2 Å². The Labute approximate surface area is 133 Å². The highest BCUT2D eigenvalue weighted by atomic mass is 16.4. The zero-order valence-electron chi connectivity index (χ0n) is 12.8. The molecule has 0 spiro atoms. The third kappa shape index (κ3) is 3.38. The minimum absolute atomic E-state index is 0.0585. The average Bonchev–Trinajstić information content (AvgIpc) is 3.24. The van der Waals surface area contributed by atoms with Crippen LogP contribution in [-0.4, -0.2) is 40.4 Å². The number of hydrogen-bond donors (Lipinski definition) is 2. The van der Waals surface area contributed by atoms with Crippen molar-refractivity contribution in [2.45, 2.75) is 44.7 Å². The number of carbonyl (C=O) groups excluding carboxylic acids is 2. The van der Waals surface area contributed by atoms with Gasteiger partial charge in [-0.2, -0.15) is 0 Å². The van der Waals surface area contributed by atoms with E-state index < -0.39 is 5.97 Å². The number of aromatic carboxylic acids is 1. The molecule has 1 saturated carbocycles. The predicted molar refractivity (Wildman–Crippen MR) is 79.6 cm³/mol. The van der Waals surface area contributed by atoms with Gasteiger partial charge in [0.05, 0.1) is 12.5 Å². The number of rotatable bonds is 5. The molecule has 1 aliphatic heterocycles. The lowest BCUT2D eigenvalue weighted by molar-refractivity contribution is -0.130. The van der Waals surface area contributed by atoms with Crippen LogP contribution in [0.3, 0.4) is 0 Å². The Hall–Kier alpha value is -2.31. The second-order valence-corrected chi connectivity index (χ2v) is 6.17. The van der Waals surface area contributed by atoms with E-state index in [1.54, 1.807) is 0 Å². The van der Waals surface area contributed by atoms with Gasteiger partial charge in [-0.25, -0.2) is 4.79 Å². The first-order valence-corrected chi connectivity index (χ1v) is 7.94. The first-order valence-electron chi connectivity index (χ1n) is 7.94. The van der Waals surface area contributed by atoms with Gasteiger partial charge in [0.1, 0.15) is 5.76 Å². The third-order valence-corrected chi connectivity index (χ3v) is 4.60. The van der Waals surface area contributed by atoms with Gasteiger partial charge in [-0.05, 0) is 25.0 Å². The molecule has 3 rings (SSSR count). The molecule has 1 aromatic rings. The van der Waals surface area contributed by atoms with E-state index in [0.717, 1.165) is 25.7 Å². The summed E-state index contributed by atoms with van der Waals surface area (Å²) in [5.74, 6) is -1.38. The van der Waals surface area contributed by atoms with Crippen LogP contribution in [0.2, 0.25) is 0 Å². The summed E-state index contributed by atoms with van der Waals surface area (Å²) in [5.41, 5.74) is 0. The monoisotopic (exact) mass is 320 g/mol.